The number of nitriles is 1. The minimum atomic E-state index is -0.253. The summed E-state index contributed by atoms with van der Waals surface area (Å²) in [4.78, 5) is 16.5. The van der Waals surface area contributed by atoms with Crippen molar-refractivity contribution >= 4 is 11.6 Å². The van der Waals surface area contributed by atoms with E-state index in [0.29, 0.717) is 25.4 Å². The summed E-state index contributed by atoms with van der Waals surface area (Å²) in [5.41, 5.74) is 6.42. The number of carbonyl (C=O) groups excluding carboxylic acids is 1. The third kappa shape index (κ3) is 5.82. The molecule has 0 aromatic heterocycles. The molecule has 7 heteroatoms. The Morgan fingerprint density at radius 3 is 2.34 bits per heavy atom. The minimum absolute atomic E-state index is 0.0851. The topological polar surface area (TPSA) is 94.6 Å². The Balaban J connectivity index is 1.56. The number of piperazine rings is 1. The standard InChI is InChI=1S/C22H25N5O2/c23-10-11-26-12-14-27(15-13-26)22(28)18(16-24)17-25-19-6-8-21(9-7-19)29-20-4-2-1-3-5-20/h1-9,17,25H,10-15,23H2/b18-17-. The lowest BCUT2D eigenvalue weighted by molar-refractivity contribution is -0.128. The van der Waals surface area contributed by atoms with E-state index >= 15 is 0 Å². The molecule has 1 aliphatic heterocycles. The van der Waals surface area contributed by atoms with Crippen LogP contribution in [0.4, 0.5) is 5.69 Å². The van der Waals surface area contributed by atoms with E-state index in [4.69, 9.17) is 10.5 Å². The Bertz CT molecular complexity index is 866. The van der Waals surface area contributed by atoms with E-state index in [1.807, 2.05) is 60.7 Å². The van der Waals surface area contributed by atoms with Crippen LogP contribution in [0.3, 0.4) is 0 Å². The molecule has 150 valence electrons. The molecule has 0 atom stereocenters. The summed E-state index contributed by atoms with van der Waals surface area (Å²) in [5, 5.41) is 12.4. The van der Waals surface area contributed by atoms with Crippen molar-refractivity contribution < 1.29 is 9.53 Å². The zero-order valence-electron chi connectivity index (χ0n) is 16.3. The van der Waals surface area contributed by atoms with Crippen LogP contribution in [0.5, 0.6) is 11.5 Å². The number of nitrogens with one attached hydrogen (secondary N) is 1. The molecule has 1 saturated heterocycles. The number of hydrogen-bond acceptors (Lipinski definition) is 6. The second-order valence-corrected chi connectivity index (χ2v) is 6.68. The third-order valence-electron chi connectivity index (χ3n) is 4.67. The maximum Gasteiger partial charge on any atom is 0.266 e. The smallest absolute Gasteiger partial charge is 0.266 e. The fourth-order valence-electron chi connectivity index (χ4n) is 3.07. The van der Waals surface area contributed by atoms with Gasteiger partial charge in [0.05, 0.1) is 0 Å². The largest absolute Gasteiger partial charge is 0.457 e. The van der Waals surface area contributed by atoms with Crippen molar-refractivity contribution in [3.63, 3.8) is 0 Å². The van der Waals surface area contributed by atoms with Gasteiger partial charge in [0.15, 0.2) is 0 Å². The number of nitrogens with two attached hydrogens (primary N) is 1. The van der Waals surface area contributed by atoms with Crippen molar-refractivity contribution in [3.8, 4) is 17.6 Å². The summed E-state index contributed by atoms with van der Waals surface area (Å²) < 4.78 is 5.76. The highest BCUT2D eigenvalue weighted by atomic mass is 16.5. The van der Waals surface area contributed by atoms with E-state index < -0.39 is 0 Å². The van der Waals surface area contributed by atoms with Gasteiger partial charge >= 0.3 is 0 Å². The molecule has 3 N–H and O–H groups in total. The van der Waals surface area contributed by atoms with Crippen molar-refractivity contribution in [1.82, 2.24) is 9.80 Å². The van der Waals surface area contributed by atoms with E-state index in [0.717, 1.165) is 31.1 Å². The van der Waals surface area contributed by atoms with Gasteiger partial charge in [-0.2, -0.15) is 5.26 Å². The van der Waals surface area contributed by atoms with Gasteiger partial charge in [0, 0.05) is 51.2 Å². The molecule has 0 radical (unpaired) electrons. The van der Waals surface area contributed by atoms with E-state index in [2.05, 4.69) is 10.2 Å². The quantitative estimate of drug-likeness (QED) is 0.556. The second kappa shape index (κ2) is 10.3. The lowest BCUT2D eigenvalue weighted by Gasteiger charge is -2.34. The SMILES string of the molecule is N#C/C(=C/Nc1ccc(Oc2ccccc2)cc1)C(=O)N1CCN(CCN)CC1. The van der Waals surface area contributed by atoms with Gasteiger partial charge in [-0.25, -0.2) is 0 Å². The maximum atomic E-state index is 12.6. The Labute approximate surface area is 171 Å². The van der Waals surface area contributed by atoms with Crippen LogP contribution >= 0.6 is 0 Å². The highest BCUT2D eigenvalue weighted by molar-refractivity contribution is 5.97. The molecule has 0 unspecified atom stereocenters. The Morgan fingerprint density at radius 1 is 1.07 bits per heavy atom. The highest BCUT2D eigenvalue weighted by Crippen LogP contribution is 2.22. The van der Waals surface area contributed by atoms with Gasteiger partial charge in [-0.15, -0.1) is 0 Å². The molecule has 1 fully saturated rings. The number of carbonyl (C=O) groups is 1. The predicted molar refractivity (Wildman–Crippen MR) is 112 cm³/mol. The van der Waals surface area contributed by atoms with Gasteiger partial charge in [0.1, 0.15) is 23.1 Å². The van der Waals surface area contributed by atoms with Crippen LogP contribution in [-0.2, 0) is 4.79 Å². The molecule has 2 aromatic carbocycles. The average molecular weight is 391 g/mol. The van der Waals surface area contributed by atoms with Crippen LogP contribution in [0.15, 0.2) is 66.4 Å². The van der Waals surface area contributed by atoms with Gasteiger partial charge in [0.2, 0.25) is 0 Å². The summed E-state index contributed by atoms with van der Waals surface area (Å²) in [7, 11) is 0. The van der Waals surface area contributed by atoms with Crippen LogP contribution in [0, 0.1) is 11.3 Å². The number of benzene rings is 2. The van der Waals surface area contributed by atoms with Gasteiger partial charge in [-0.3, -0.25) is 9.69 Å². The molecule has 7 nitrogen and oxygen atoms in total. The molecule has 3 rings (SSSR count). The zero-order valence-corrected chi connectivity index (χ0v) is 16.3. The number of amides is 1. The predicted octanol–water partition coefficient (Wildman–Crippen LogP) is 2.40. The van der Waals surface area contributed by atoms with E-state index in [1.165, 1.54) is 6.20 Å². The minimum Gasteiger partial charge on any atom is -0.457 e. The number of hydrogen-bond donors (Lipinski definition) is 2. The first-order chi connectivity index (χ1) is 14.2. The maximum absolute atomic E-state index is 12.6. The summed E-state index contributed by atoms with van der Waals surface area (Å²) in [5.74, 6) is 1.21. The van der Waals surface area contributed by atoms with Crippen LogP contribution < -0.4 is 15.8 Å². The molecule has 1 aliphatic rings. The molecule has 2 aromatic rings. The second-order valence-electron chi connectivity index (χ2n) is 6.68. The number of ether oxygens (including phenoxy) is 1. The third-order valence-corrected chi connectivity index (χ3v) is 4.67. The molecule has 29 heavy (non-hydrogen) atoms. The normalized spacial score (nSPS) is 14.9. The number of nitrogens with zero attached hydrogens (tertiary/aromatic N) is 3. The molecular formula is C22H25N5O2. The first-order valence-electron chi connectivity index (χ1n) is 9.61. The van der Waals surface area contributed by atoms with E-state index in [-0.39, 0.29) is 11.5 Å². The first-order valence-corrected chi connectivity index (χ1v) is 9.61. The van der Waals surface area contributed by atoms with Crippen molar-refractivity contribution in [2.24, 2.45) is 5.73 Å². The Hall–Kier alpha value is -3.34. The number of rotatable bonds is 7. The van der Waals surface area contributed by atoms with E-state index in [9.17, 15) is 10.1 Å². The van der Waals surface area contributed by atoms with E-state index in [1.54, 1.807) is 4.90 Å². The van der Waals surface area contributed by atoms with Crippen LogP contribution in [-0.4, -0.2) is 55.0 Å². The molecule has 0 aliphatic carbocycles. The van der Waals surface area contributed by atoms with Crippen LogP contribution in [0.1, 0.15) is 0 Å². The molecule has 1 amide bonds. The van der Waals surface area contributed by atoms with Gasteiger partial charge in [-0.1, -0.05) is 18.2 Å². The first kappa shape index (κ1) is 20.4. The van der Waals surface area contributed by atoms with Crippen LogP contribution in [0.25, 0.3) is 0 Å². The lowest BCUT2D eigenvalue weighted by atomic mass is 10.2. The highest BCUT2D eigenvalue weighted by Gasteiger charge is 2.23. The molecule has 1 heterocycles. The average Bonchev–Trinajstić information content (AvgIpc) is 2.76. The van der Waals surface area contributed by atoms with Crippen molar-refractivity contribution in [1.29, 1.82) is 5.26 Å². The summed E-state index contributed by atoms with van der Waals surface area (Å²) >= 11 is 0. The number of para-hydroxylation sites is 1. The van der Waals surface area contributed by atoms with Crippen molar-refractivity contribution in [2.75, 3.05) is 44.6 Å². The number of anilines is 1. The monoisotopic (exact) mass is 391 g/mol. The Morgan fingerprint density at radius 2 is 1.72 bits per heavy atom. The van der Waals surface area contributed by atoms with Crippen molar-refractivity contribution in [3.05, 3.63) is 66.4 Å². The molecular weight excluding hydrogens is 366 g/mol. The van der Waals surface area contributed by atoms with Gasteiger partial charge in [-0.05, 0) is 36.4 Å². The molecule has 0 saturated carbocycles. The summed E-state index contributed by atoms with van der Waals surface area (Å²) in [6.07, 6.45) is 1.46. The lowest BCUT2D eigenvalue weighted by Crippen LogP contribution is -2.50. The summed E-state index contributed by atoms with van der Waals surface area (Å²) in [6, 6.07) is 18.8. The molecule has 0 spiro atoms. The summed E-state index contributed by atoms with van der Waals surface area (Å²) in [6.45, 7) is 4.19. The van der Waals surface area contributed by atoms with Crippen molar-refractivity contribution in [2.45, 2.75) is 0 Å². The van der Waals surface area contributed by atoms with Gasteiger partial charge in [0.25, 0.3) is 5.91 Å². The molecule has 0 bridgehead atoms. The van der Waals surface area contributed by atoms with Crippen LogP contribution in [0.2, 0.25) is 0 Å². The van der Waals surface area contributed by atoms with Gasteiger partial charge < -0.3 is 20.7 Å². The fourth-order valence-corrected chi connectivity index (χ4v) is 3.07. The Kier molecular flexibility index (Phi) is 7.22. The zero-order chi connectivity index (χ0) is 20.5. The fraction of sp³-hybridized carbons (Fsp3) is 0.273.